The van der Waals surface area contributed by atoms with E-state index >= 15 is 0 Å². The van der Waals surface area contributed by atoms with Crippen molar-refractivity contribution in [3.05, 3.63) is 0 Å². The maximum absolute atomic E-state index is 5.06. The predicted octanol–water partition coefficient (Wildman–Crippen LogP) is 3.61. The molecule has 0 aliphatic carbocycles. The Kier molecular flexibility index (Phi) is 10.0. The van der Waals surface area contributed by atoms with Crippen LogP contribution in [0.5, 0.6) is 0 Å². The molecule has 0 fully saturated rings. The second kappa shape index (κ2) is 10.1. The Bertz CT molecular complexity index is 144. The number of nitrogens with one attached hydrogen (secondary N) is 1. The molecular weight excluding hydrogens is 198 g/mol. The van der Waals surface area contributed by atoms with Crippen molar-refractivity contribution in [2.45, 2.75) is 59.3 Å². The molecule has 0 aliphatic rings. The third kappa shape index (κ3) is 6.49. The highest BCUT2D eigenvalue weighted by Crippen LogP contribution is 2.31. The van der Waals surface area contributed by atoms with E-state index in [9.17, 15) is 0 Å². The summed E-state index contributed by atoms with van der Waals surface area (Å²) in [4.78, 5) is 0. The first-order valence-corrected chi connectivity index (χ1v) is 6.94. The minimum absolute atomic E-state index is 0.517. The van der Waals surface area contributed by atoms with Crippen molar-refractivity contribution in [1.29, 1.82) is 0 Å². The van der Waals surface area contributed by atoms with E-state index < -0.39 is 0 Å². The van der Waals surface area contributed by atoms with Crippen LogP contribution in [0.2, 0.25) is 0 Å². The fraction of sp³-hybridized carbons (Fsp3) is 1.00. The largest absolute Gasteiger partial charge is 0.383 e. The normalized spacial score (nSPS) is 12.0. The minimum Gasteiger partial charge on any atom is -0.383 e. The van der Waals surface area contributed by atoms with Gasteiger partial charge >= 0.3 is 0 Å². The summed E-state index contributed by atoms with van der Waals surface area (Å²) in [5.74, 6) is 0. The van der Waals surface area contributed by atoms with Crippen molar-refractivity contribution in [2.24, 2.45) is 5.41 Å². The standard InChI is InChI=1S/C14H31NO/c1-5-8-9-10-14(6-2,7-3)13-15-11-12-16-4/h15H,5-13H2,1-4H3. The van der Waals surface area contributed by atoms with Gasteiger partial charge in [0.05, 0.1) is 6.61 Å². The van der Waals surface area contributed by atoms with Crippen LogP contribution < -0.4 is 5.32 Å². The molecule has 0 aliphatic heterocycles. The summed E-state index contributed by atoms with van der Waals surface area (Å²) < 4.78 is 5.06. The molecule has 16 heavy (non-hydrogen) atoms. The summed E-state index contributed by atoms with van der Waals surface area (Å²) >= 11 is 0. The molecule has 0 amide bonds. The molecule has 0 rings (SSSR count). The lowest BCUT2D eigenvalue weighted by Crippen LogP contribution is -2.35. The lowest BCUT2D eigenvalue weighted by atomic mass is 9.77. The molecular formula is C14H31NO. The number of methoxy groups -OCH3 is 1. The fourth-order valence-corrected chi connectivity index (χ4v) is 2.22. The molecule has 2 heteroatoms. The van der Waals surface area contributed by atoms with Crippen molar-refractivity contribution >= 4 is 0 Å². The Hall–Kier alpha value is -0.0800. The number of rotatable bonds is 11. The Labute approximate surface area is 102 Å². The van der Waals surface area contributed by atoms with E-state index in [1.807, 2.05) is 0 Å². The molecule has 0 saturated carbocycles. The number of hydrogen-bond donors (Lipinski definition) is 1. The SMILES string of the molecule is CCCCCC(CC)(CC)CNCCOC. The zero-order valence-corrected chi connectivity index (χ0v) is 11.8. The predicted molar refractivity (Wildman–Crippen MR) is 71.9 cm³/mol. The van der Waals surface area contributed by atoms with Gasteiger partial charge in [-0.15, -0.1) is 0 Å². The Morgan fingerprint density at radius 3 is 2.25 bits per heavy atom. The van der Waals surface area contributed by atoms with Gasteiger partial charge in [-0.3, -0.25) is 0 Å². The summed E-state index contributed by atoms with van der Waals surface area (Å²) in [7, 11) is 1.76. The van der Waals surface area contributed by atoms with E-state index in [4.69, 9.17) is 4.74 Å². The summed E-state index contributed by atoms with van der Waals surface area (Å²) in [6.07, 6.45) is 8.01. The third-order valence-corrected chi connectivity index (χ3v) is 3.79. The average molecular weight is 229 g/mol. The molecule has 0 unspecified atom stereocenters. The molecule has 0 heterocycles. The second-order valence-electron chi connectivity index (χ2n) is 4.83. The molecule has 0 radical (unpaired) electrons. The number of unbranched alkanes of at least 4 members (excludes halogenated alkanes) is 2. The quantitative estimate of drug-likeness (QED) is 0.546. The van der Waals surface area contributed by atoms with Gasteiger partial charge in [0.1, 0.15) is 0 Å². The van der Waals surface area contributed by atoms with Gasteiger partial charge in [-0.2, -0.15) is 0 Å². The first-order chi connectivity index (χ1) is 7.74. The van der Waals surface area contributed by atoms with Gasteiger partial charge in [0.15, 0.2) is 0 Å². The lowest BCUT2D eigenvalue weighted by molar-refractivity contribution is 0.180. The van der Waals surface area contributed by atoms with Crippen LogP contribution in [0.4, 0.5) is 0 Å². The Morgan fingerprint density at radius 2 is 1.75 bits per heavy atom. The van der Waals surface area contributed by atoms with Gasteiger partial charge in [0, 0.05) is 20.2 Å². The first kappa shape index (κ1) is 15.9. The van der Waals surface area contributed by atoms with Crippen LogP contribution in [-0.4, -0.2) is 26.8 Å². The van der Waals surface area contributed by atoms with E-state index in [0.717, 1.165) is 19.7 Å². The van der Waals surface area contributed by atoms with Gasteiger partial charge in [-0.25, -0.2) is 0 Å². The van der Waals surface area contributed by atoms with Crippen molar-refractivity contribution in [3.63, 3.8) is 0 Å². The fourth-order valence-electron chi connectivity index (χ4n) is 2.22. The third-order valence-electron chi connectivity index (χ3n) is 3.79. The van der Waals surface area contributed by atoms with Crippen LogP contribution in [0, 0.1) is 5.41 Å². The molecule has 0 aromatic rings. The molecule has 0 spiro atoms. The lowest BCUT2D eigenvalue weighted by Gasteiger charge is -2.32. The van der Waals surface area contributed by atoms with Gasteiger partial charge in [0.25, 0.3) is 0 Å². The molecule has 0 atom stereocenters. The highest BCUT2D eigenvalue weighted by Gasteiger charge is 2.24. The second-order valence-corrected chi connectivity index (χ2v) is 4.83. The monoisotopic (exact) mass is 229 g/mol. The van der Waals surface area contributed by atoms with Gasteiger partial charge in [-0.05, 0) is 24.7 Å². The molecule has 0 bridgehead atoms. The van der Waals surface area contributed by atoms with Crippen LogP contribution >= 0.6 is 0 Å². The van der Waals surface area contributed by atoms with Crippen molar-refractivity contribution in [2.75, 3.05) is 26.8 Å². The zero-order valence-electron chi connectivity index (χ0n) is 11.8. The molecule has 98 valence electrons. The van der Waals surface area contributed by atoms with Crippen molar-refractivity contribution < 1.29 is 4.74 Å². The van der Waals surface area contributed by atoms with E-state index in [2.05, 4.69) is 26.1 Å². The summed E-state index contributed by atoms with van der Waals surface area (Å²) in [6, 6.07) is 0. The van der Waals surface area contributed by atoms with Crippen LogP contribution in [0.25, 0.3) is 0 Å². The van der Waals surface area contributed by atoms with Crippen LogP contribution in [0.3, 0.4) is 0 Å². The van der Waals surface area contributed by atoms with Gasteiger partial charge < -0.3 is 10.1 Å². The number of ether oxygens (including phenoxy) is 1. The summed E-state index contributed by atoms with van der Waals surface area (Å²) in [6.45, 7) is 9.87. The Morgan fingerprint density at radius 1 is 1.06 bits per heavy atom. The van der Waals surface area contributed by atoms with E-state index in [1.54, 1.807) is 7.11 Å². The van der Waals surface area contributed by atoms with Crippen LogP contribution in [0.1, 0.15) is 59.3 Å². The molecule has 0 saturated heterocycles. The van der Waals surface area contributed by atoms with Crippen LogP contribution in [0.15, 0.2) is 0 Å². The minimum atomic E-state index is 0.517. The smallest absolute Gasteiger partial charge is 0.0587 e. The van der Waals surface area contributed by atoms with E-state index in [1.165, 1.54) is 38.5 Å². The number of hydrogen-bond acceptors (Lipinski definition) is 2. The average Bonchev–Trinajstić information content (AvgIpc) is 2.33. The summed E-state index contributed by atoms with van der Waals surface area (Å²) in [5, 5.41) is 3.53. The van der Waals surface area contributed by atoms with E-state index in [0.29, 0.717) is 5.41 Å². The molecule has 0 aromatic carbocycles. The van der Waals surface area contributed by atoms with Gasteiger partial charge in [0.2, 0.25) is 0 Å². The zero-order chi connectivity index (χ0) is 12.3. The highest BCUT2D eigenvalue weighted by atomic mass is 16.5. The maximum atomic E-state index is 5.06. The molecule has 2 nitrogen and oxygen atoms in total. The maximum Gasteiger partial charge on any atom is 0.0587 e. The highest BCUT2D eigenvalue weighted by molar-refractivity contribution is 4.79. The Balaban J connectivity index is 3.90. The summed E-state index contributed by atoms with van der Waals surface area (Å²) in [5.41, 5.74) is 0.517. The first-order valence-electron chi connectivity index (χ1n) is 6.94. The topological polar surface area (TPSA) is 21.3 Å². The van der Waals surface area contributed by atoms with Gasteiger partial charge in [-0.1, -0.05) is 40.0 Å². The van der Waals surface area contributed by atoms with Crippen LogP contribution in [-0.2, 0) is 4.74 Å². The van der Waals surface area contributed by atoms with Crippen molar-refractivity contribution in [3.8, 4) is 0 Å². The molecule has 0 aromatic heterocycles. The van der Waals surface area contributed by atoms with E-state index in [-0.39, 0.29) is 0 Å². The van der Waals surface area contributed by atoms with Crippen molar-refractivity contribution in [1.82, 2.24) is 5.32 Å². The molecule has 1 N–H and O–H groups in total.